The minimum atomic E-state index is -4.88. The molecule has 0 saturated heterocycles. The van der Waals surface area contributed by atoms with Gasteiger partial charge in [0, 0.05) is 5.39 Å². The van der Waals surface area contributed by atoms with E-state index in [0.717, 1.165) is 12.1 Å². The number of fused-ring (bicyclic) bond motifs is 1. The van der Waals surface area contributed by atoms with Gasteiger partial charge in [0.25, 0.3) is 10.1 Å². The van der Waals surface area contributed by atoms with Gasteiger partial charge >= 0.3 is 51.4 Å². The van der Waals surface area contributed by atoms with Gasteiger partial charge in [0.2, 0.25) is 0 Å². The molecule has 0 aliphatic carbocycles. The molecule has 2 N–H and O–H groups in total. The zero-order chi connectivity index (χ0) is 14.4. The predicted octanol–water partition coefficient (Wildman–Crippen LogP) is -2.30. The van der Waals surface area contributed by atoms with Crippen molar-refractivity contribution in [2.45, 2.75) is 9.79 Å². The Morgan fingerprint density at radius 2 is 1.60 bits per heavy atom. The van der Waals surface area contributed by atoms with E-state index in [4.69, 9.17) is 4.55 Å². The molecule has 0 aliphatic heterocycles. The van der Waals surface area contributed by atoms with E-state index in [1.807, 2.05) is 0 Å². The standard InChI is InChI=1S/C10H8O7S2.K/c11-7-2-1-6-3-8(18(12,13)14)5-10(9(6)4-7)19(15,16)17;/h1-5,11H,(H,12,13,14)(H,15,16,17);/q;+1/p-1. The van der Waals surface area contributed by atoms with Gasteiger partial charge in [-0.25, -0.2) is 8.42 Å². The van der Waals surface area contributed by atoms with Gasteiger partial charge < -0.3 is 9.66 Å². The van der Waals surface area contributed by atoms with Gasteiger partial charge in [0.1, 0.15) is 20.8 Å². The minimum Gasteiger partial charge on any atom is -0.744 e. The summed E-state index contributed by atoms with van der Waals surface area (Å²) in [5.74, 6) is -0.268. The van der Waals surface area contributed by atoms with Crippen LogP contribution in [-0.2, 0) is 20.2 Å². The van der Waals surface area contributed by atoms with Crippen molar-refractivity contribution in [1.29, 1.82) is 0 Å². The third-order valence-electron chi connectivity index (χ3n) is 2.44. The maximum atomic E-state index is 11.2. The van der Waals surface area contributed by atoms with Crippen LogP contribution in [0, 0.1) is 0 Å². The molecule has 2 rings (SSSR count). The molecule has 10 heteroatoms. The SMILES string of the molecule is O=S(=O)([O-])c1cc(S(=O)(=O)O)c2cc(O)ccc2c1.[K+]. The number of rotatable bonds is 2. The molecule has 0 bridgehead atoms. The minimum absolute atomic E-state index is 0. The Morgan fingerprint density at radius 3 is 2.10 bits per heavy atom. The van der Waals surface area contributed by atoms with Gasteiger partial charge in [0.05, 0.1) is 4.90 Å². The molecule has 0 amide bonds. The number of hydrogen-bond acceptors (Lipinski definition) is 6. The van der Waals surface area contributed by atoms with Gasteiger partial charge in [-0.3, -0.25) is 4.55 Å². The van der Waals surface area contributed by atoms with E-state index in [1.54, 1.807) is 0 Å². The van der Waals surface area contributed by atoms with Crippen molar-refractivity contribution in [2.75, 3.05) is 0 Å². The third-order valence-corrected chi connectivity index (χ3v) is 4.15. The van der Waals surface area contributed by atoms with Crippen LogP contribution in [0.4, 0.5) is 0 Å². The fourth-order valence-electron chi connectivity index (χ4n) is 1.64. The summed E-state index contributed by atoms with van der Waals surface area (Å²) in [5, 5.41) is 9.29. The largest absolute Gasteiger partial charge is 1.00 e. The normalized spacial score (nSPS) is 12.1. The van der Waals surface area contributed by atoms with Gasteiger partial charge in [-0.05, 0) is 29.7 Å². The van der Waals surface area contributed by atoms with E-state index < -0.39 is 30.0 Å². The Bertz CT molecular complexity index is 872. The molecule has 0 radical (unpaired) electrons. The van der Waals surface area contributed by atoms with Crippen LogP contribution in [0.15, 0.2) is 40.1 Å². The molecular formula is C10H7KO7S2. The van der Waals surface area contributed by atoms with Crippen LogP contribution in [0.1, 0.15) is 0 Å². The molecule has 7 nitrogen and oxygen atoms in total. The molecule has 20 heavy (non-hydrogen) atoms. The van der Waals surface area contributed by atoms with Gasteiger partial charge in [-0.2, -0.15) is 8.42 Å². The molecule has 0 aliphatic rings. The van der Waals surface area contributed by atoms with Crippen LogP contribution in [-0.4, -0.2) is 31.0 Å². The van der Waals surface area contributed by atoms with Crippen LogP contribution in [0.25, 0.3) is 10.8 Å². The summed E-state index contributed by atoms with van der Waals surface area (Å²) in [4.78, 5) is -1.53. The summed E-state index contributed by atoms with van der Waals surface area (Å²) in [5.41, 5.74) is 0. The Hall–Kier alpha value is -0.0436. The van der Waals surface area contributed by atoms with Crippen molar-refractivity contribution >= 4 is 31.0 Å². The average Bonchev–Trinajstić information content (AvgIpc) is 2.24. The smallest absolute Gasteiger partial charge is 0.744 e. The van der Waals surface area contributed by atoms with Crippen LogP contribution in [0.3, 0.4) is 0 Å². The Morgan fingerprint density at radius 1 is 1.00 bits per heavy atom. The van der Waals surface area contributed by atoms with Crippen molar-refractivity contribution in [3.63, 3.8) is 0 Å². The fraction of sp³-hybridized carbons (Fsp3) is 0. The number of phenolic OH excluding ortho intramolecular Hbond substituents is 1. The first kappa shape index (κ1) is 18.0. The number of hydrogen-bond donors (Lipinski definition) is 2. The van der Waals surface area contributed by atoms with Crippen molar-refractivity contribution < 1.29 is 82.4 Å². The van der Waals surface area contributed by atoms with Crippen LogP contribution in [0.2, 0.25) is 0 Å². The second kappa shape index (κ2) is 5.99. The zero-order valence-corrected chi connectivity index (χ0v) is 14.9. The molecule has 2 aromatic carbocycles. The van der Waals surface area contributed by atoms with Gasteiger partial charge in [-0.1, -0.05) is 6.07 Å². The molecule has 0 saturated carbocycles. The second-order valence-electron chi connectivity index (χ2n) is 3.76. The summed E-state index contributed by atoms with van der Waals surface area (Å²) < 4.78 is 64.3. The van der Waals surface area contributed by atoms with Crippen LogP contribution in [0.5, 0.6) is 5.75 Å². The average molecular weight is 342 g/mol. The molecule has 0 spiro atoms. The summed E-state index contributed by atoms with van der Waals surface area (Å²) in [6.45, 7) is 0. The van der Waals surface area contributed by atoms with E-state index >= 15 is 0 Å². The van der Waals surface area contributed by atoms with E-state index in [-0.39, 0.29) is 67.9 Å². The molecule has 0 unspecified atom stereocenters. The third kappa shape index (κ3) is 3.78. The first-order chi connectivity index (χ1) is 8.59. The van der Waals surface area contributed by atoms with E-state index in [0.29, 0.717) is 6.07 Å². The maximum Gasteiger partial charge on any atom is 1.00 e. The first-order valence-electron chi connectivity index (χ1n) is 4.79. The van der Waals surface area contributed by atoms with Crippen LogP contribution >= 0.6 is 0 Å². The Balaban J connectivity index is 0.00000200. The van der Waals surface area contributed by atoms with Crippen molar-refractivity contribution in [3.8, 4) is 5.75 Å². The molecule has 2 aromatic rings. The van der Waals surface area contributed by atoms with Crippen molar-refractivity contribution in [1.82, 2.24) is 0 Å². The van der Waals surface area contributed by atoms with Crippen molar-refractivity contribution in [2.24, 2.45) is 0 Å². The summed E-state index contributed by atoms with van der Waals surface area (Å²) in [6, 6.07) is 4.98. The molecule has 0 aromatic heterocycles. The molecular weight excluding hydrogens is 335 g/mol. The fourth-order valence-corrected chi connectivity index (χ4v) is 2.98. The Kier molecular flexibility index (Phi) is 5.39. The summed E-state index contributed by atoms with van der Waals surface area (Å²) in [6.07, 6.45) is 0. The van der Waals surface area contributed by atoms with E-state index in [2.05, 4.69) is 0 Å². The molecule has 0 fully saturated rings. The van der Waals surface area contributed by atoms with Crippen LogP contribution < -0.4 is 51.4 Å². The molecule has 0 heterocycles. The van der Waals surface area contributed by atoms with Gasteiger partial charge in [-0.15, -0.1) is 0 Å². The number of phenols is 1. The maximum absolute atomic E-state index is 11.2. The zero-order valence-electron chi connectivity index (χ0n) is 10.1. The quantitative estimate of drug-likeness (QED) is 0.463. The predicted molar refractivity (Wildman–Crippen MR) is 63.4 cm³/mol. The summed E-state index contributed by atoms with van der Waals surface area (Å²) in [7, 11) is -9.62. The van der Waals surface area contributed by atoms with E-state index in [9.17, 15) is 26.5 Å². The first-order valence-corrected chi connectivity index (χ1v) is 7.64. The number of benzene rings is 2. The topological polar surface area (TPSA) is 132 Å². The number of aromatic hydroxyl groups is 1. The van der Waals surface area contributed by atoms with E-state index in [1.165, 1.54) is 12.1 Å². The molecule has 102 valence electrons. The summed E-state index contributed by atoms with van der Waals surface area (Å²) >= 11 is 0. The second-order valence-corrected chi connectivity index (χ2v) is 6.53. The van der Waals surface area contributed by atoms with Gasteiger partial charge in [0.15, 0.2) is 0 Å². The molecule has 0 atom stereocenters. The Labute approximate surface area is 157 Å². The van der Waals surface area contributed by atoms with Crippen molar-refractivity contribution in [3.05, 3.63) is 30.3 Å². The monoisotopic (exact) mass is 342 g/mol.